The molecule has 7 nitrogen and oxygen atoms in total. The van der Waals surface area contributed by atoms with Crippen LogP contribution in [0, 0.1) is 0 Å². The maximum absolute atomic E-state index is 11.6. The van der Waals surface area contributed by atoms with Gasteiger partial charge in [-0.25, -0.2) is 4.68 Å². The topological polar surface area (TPSA) is 108 Å². The van der Waals surface area contributed by atoms with Crippen molar-refractivity contribution in [1.29, 1.82) is 0 Å². The second kappa shape index (κ2) is 6.55. The first-order chi connectivity index (χ1) is 8.13. The van der Waals surface area contributed by atoms with Crippen molar-refractivity contribution in [2.45, 2.75) is 12.6 Å². The molecule has 1 heterocycles. The lowest BCUT2D eigenvalue weighted by atomic mass is 10.3. The van der Waals surface area contributed by atoms with E-state index in [1.807, 2.05) is 0 Å². The molecule has 0 aliphatic heterocycles. The van der Waals surface area contributed by atoms with Gasteiger partial charge in [0.25, 0.3) is 5.56 Å². The Morgan fingerprint density at radius 1 is 1.41 bits per heavy atom. The van der Waals surface area contributed by atoms with E-state index >= 15 is 0 Å². The smallest absolute Gasteiger partial charge is 0.287 e. The van der Waals surface area contributed by atoms with Crippen LogP contribution in [0.15, 0.2) is 11.0 Å². The van der Waals surface area contributed by atoms with Crippen LogP contribution >= 0.6 is 11.6 Å². The highest BCUT2D eigenvalue weighted by molar-refractivity contribution is 6.32. The minimum absolute atomic E-state index is 0.0578. The molecule has 4 N–H and O–H groups in total. The molecule has 8 heteroatoms. The Morgan fingerprint density at radius 3 is 2.59 bits per heavy atom. The fourth-order valence-corrected chi connectivity index (χ4v) is 1.39. The summed E-state index contributed by atoms with van der Waals surface area (Å²) >= 11 is 5.81. The van der Waals surface area contributed by atoms with Crippen molar-refractivity contribution in [3.05, 3.63) is 21.6 Å². The maximum Gasteiger partial charge on any atom is 0.287 e. The van der Waals surface area contributed by atoms with Crippen molar-refractivity contribution >= 4 is 17.3 Å². The van der Waals surface area contributed by atoms with Crippen LogP contribution in [0.5, 0.6) is 0 Å². The molecule has 96 valence electrons. The molecule has 1 aromatic heterocycles. The summed E-state index contributed by atoms with van der Waals surface area (Å²) in [6.07, 6.45) is 1.30. The summed E-state index contributed by atoms with van der Waals surface area (Å²) in [5, 5.41) is 32.8. The summed E-state index contributed by atoms with van der Waals surface area (Å²) in [5.41, 5.74) is -0.306. The molecule has 0 amide bonds. The van der Waals surface area contributed by atoms with Crippen LogP contribution in [0.2, 0.25) is 5.02 Å². The van der Waals surface area contributed by atoms with Crippen LogP contribution in [-0.4, -0.2) is 51.0 Å². The van der Waals surface area contributed by atoms with Gasteiger partial charge in [-0.1, -0.05) is 11.6 Å². The van der Waals surface area contributed by atoms with Gasteiger partial charge in [-0.3, -0.25) is 4.79 Å². The van der Waals surface area contributed by atoms with Gasteiger partial charge in [0.2, 0.25) is 0 Å². The van der Waals surface area contributed by atoms with E-state index in [1.54, 1.807) is 0 Å². The van der Waals surface area contributed by atoms with Crippen molar-refractivity contribution in [2.24, 2.45) is 0 Å². The molecule has 0 aliphatic carbocycles. The van der Waals surface area contributed by atoms with Crippen LogP contribution in [0.4, 0.5) is 5.69 Å². The van der Waals surface area contributed by atoms with E-state index in [9.17, 15) is 4.79 Å². The highest BCUT2D eigenvalue weighted by Gasteiger charge is 2.12. The quantitative estimate of drug-likeness (QED) is 0.506. The largest absolute Gasteiger partial charge is 0.394 e. The van der Waals surface area contributed by atoms with E-state index in [0.29, 0.717) is 0 Å². The third-order valence-corrected chi connectivity index (χ3v) is 2.46. The minimum atomic E-state index is -0.609. The normalized spacial score (nSPS) is 10.9. The molecule has 0 aliphatic rings. The van der Waals surface area contributed by atoms with Crippen LogP contribution in [0.25, 0.3) is 0 Å². The summed E-state index contributed by atoms with van der Waals surface area (Å²) < 4.78 is 1.03. The average Bonchev–Trinajstić information content (AvgIpc) is 2.34. The lowest BCUT2D eigenvalue weighted by Crippen LogP contribution is -2.31. The van der Waals surface area contributed by atoms with Crippen LogP contribution in [0.1, 0.15) is 0 Å². The van der Waals surface area contributed by atoms with Crippen molar-refractivity contribution in [2.75, 3.05) is 25.1 Å². The Hall–Kier alpha value is -1.15. The molecule has 0 bridgehead atoms. The summed E-state index contributed by atoms with van der Waals surface area (Å²) in [5.74, 6) is 0. The van der Waals surface area contributed by atoms with E-state index in [0.717, 1.165) is 4.68 Å². The van der Waals surface area contributed by atoms with Gasteiger partial charge in [0.1, 0.15) is 5.02 Å². The summed E-state index contributed by atoms with van der Waals surface area (Å²) in [7, 11) is 0. The third kappa shape index (κ3) is 3.40. The number of nitrogens with one attached hydrogen (secondary N) is 1. The molecule has 0 saturated heterocycles. The fraction of sp³-hybridized carbons (Fsp3) is 0.556. The lowest BCUT2D eigenvalue weighted by Gasteiger charge is -2.15. The Kier molecular flexibility index (Phi) is 5.36. The molecule has 0 spiro atoms. The zero-order valence-electron chi connectivity index (χ0n) is 9.01. The molecule has 0 unspecified atom stereocenters. The molecule has 0 saturated carbocycles. The van der Waals surface area contributed by atoms with E-state index < -0.39 is 11.6 Å². The molecule has 0 fully saturated rings. The molecule has 1 rings (SSSR count). The Bertz CT molecular complexity index is 419. The highest BCUT2D eigenvalue weighted by Crippen LogP contribution is 2.16. The number of hydrogen-bond donors (Lipinski definition) is 4. The zero-order chi connectivity index (χ0) is 12.8. The average molecular weight is 264 g/mol. The maximum atomic E-state index is 11.6. The van der Waals surface area contributed by atoms with Gasteiger partial charge in [0.05, 0.1) is 44.3 Å². The summed E-state index contributed by atoms with van der Waals surface area (Å²) in [6.45, 7) is -0.757. The Labute approximate surface area is 102 Å². The van der Waals surface area contributed by atoms with Crippen molar-refractivity contribution in [3.8, 4) is 0 Å². The number of aliphatic hydroxyl groups excluding tert-OH is 3. The Morgan fingerprint density at radius 2 is 2.06 bits per heavy atom. The fourth-order valence-electron chi connectivity index (χ4n) is 1.19. The summed E-state index contributed by atoms with van der Waals surface area (Å²) in [6, 6.07) is -0.609. The number of nitrogens with zero attached hydrogens (tertiary/aromatic N) is 2. The van der Waals surface area contributed by atoms with Gasteiger partial charge in [-0.05, 0) is 0 Å². The third-order valence-electron chi connectivity index (χ3n) is 2.10. The number of aromatic nitrogens is 2. The first-order valence-corrected chi connectivity index (χ1v) is 5.36. The lowest BCUT2D eigenvalue weighted by molar-refractivity contribution is 0.204. The first kappa shape index (κ1) is 13.9. The molecule has 17 heavy (non-hydrogen) atoms. The van der Waals surface area contributed by atoms with E-state index in [4.69, 9.17) is 26.9 Å². The van der Waals surface area contributed by atoms with Gasteiger partial charge >= 0.3 is 0 Å². The molecule has 0 aromatic carbocycles. The highest BCUT2D eigenvalue weighted by atomic mass is 35.5. The molecule has 0 radical (unpaired) electrons. The first-order valence-electron chi connectivity index (χ1n) is 4.98. The van der Waals surface area contributed by atoms with E-state index in [1.165, 1.54) is 6.20 Å². The SMILES string of the molecule is O=c1c(Cl)c(NC(CO)CO)cnn1CCO. The van der Waals surface area contributed by atoms with Gasteiger partial charge < -0.3 is 20.6 Å². The van der Waals surface area contributed by atoms with Crippen molar-refractivity contribution < 1.29 is 15.3 Å². The molecule has 0 atom stereocenters. The zero-order valence-corrected chi connectivity index (χ0v) is 9.76. The van der Waals surface area contributed by atoms with Crippen LogP contribution < -0.4 is 10.9 Å². The van der Waals surface area contributed by atoms with Crippen molar-refractivity contribution in [3.63, 3.8) is 0 Å². The van der Waals surface area contributed by atoms with Crippen LogP contribution in [-0.2, 0) is 6.54 Å². The number of rotatable bonds is 6. The summed E-state index contributed by atoms with van der Waals surface area (Å²) in [4.78, 5) is 11.6. The second-order valence-electron chi connectivity index (χ2n) is 3.33. The Balaban J connectivity index is 2.96. The van der Waals surface area contributed by atoms with Gasteiger partial charge in [-0.15, -0.1) is 0 Å². The standard InChI is InChI=1S/C9H14ClN3O4/c10-8-7(12-6(4-15)5-16)3-11-13(1-2-14)9(8)17/h3,6,12,14-16H,1-2,4-5H2. The predicted molar refractivity (Wildman–Crippen MR) is 62.2 cm³/mol. The monoisotopic (exact) mass is 263 g/mol. The molecule has 1 aromatic rings. The van der Waals surface area contributed by atoms with Crippen molar-refractivity contribution in [1.82, 2.24) is 9.78 Å². The number of halogens is 1. The molecular formula is C9H14ClN3O4. The van der Waals surface area contributed by atoms with Crippen LogP contribution in [0.3, 0.4) is 0 Å². The van der Waals surface area contributed by atoms with Gasteiger partial charge in [0.15, 0.2) is 0 Å². The number of aliphatic hydroxyl groups is 3. The van der Waals surface area contributed by atoms with E-state index in [-0.39, 0.29) is 37.1 Å². The van der Waals surface area contributed by atoms with Gasteiger partial charge in [-0.2, -0.15) is 5.10 Å². The van der Waals surface area contributed by atoms with Gasteiger partial charge in [0, 0.05) is 0 Å². The molecular weight excluding hydrogens is 250 g/mol. The number of anilines is 1. The van der Waals surface area contributed by atoms with E-state index in [2.05, 4.69) is 10.4 Å². The number of hydrogen-bond acceptors (Lipinski definition) is 6. The predicted octanol–water partition coefficient (Wildman–Crippen LogP) is -1.35. The second-order valence-corrected chi connectivity index (χ2v) is 3.71. The minimum Gasteiger partial charge on any atom is -0.394 e.